The average molecular weight is 323 g/mol. The maximum Gasteiger partial charge on any atom is 0.258 e. The van der Waals surface area contributed by atoms with Gasteiger partial charge in [-0.15, -0.1) is 0 Å². The van der Waals surface area contributed by atoms with Gasteiger partial charge >= 0.3 is 0 Å². The fraction of sp³-hybridized carbons (Fsp3) is 0.350. The molecule has 4 rings (SSSR count). The number of amides is 1. The van der Waals surface area contributed by atoms with Crippen LogP contribution in [-0.2, 0) is 19.4 Å². The molecule has 0 aromatic heterocycles. The van der Waals surface area contributed by atoms with Crippen molar-refractivity contribution in [1.82, 2.24) is 4.90 Å². The molecule has 0 fully saturated rings. The second-order valence-corrected chi connectivity index (χ2v) is 6.22. The molecule has 0 N–H and O–H groups in total. The molecule has 0 bridgehead atoms. The zero-order valence-corrected chi connectivity index (χ0v) is 13.9. The Morgan fingerprint density at radius 1 is 1.12 bits per heavy atom. The number of carbonyl (C=O) groups excluding carboxylic acids is 1. The molecule has 4 heteroatoms. The van der Waals surface area contributed by atoms with E-state index in [9.17, 15) is 4.79 Å². The maximum absolute atomic E-state index is 13.3. The van der Waals surface area contributed by atoms with E-state index in [0.29, 0.717) is 26.3 Å². The summed E-state index contributed by atoms with van der Waals surface area (Å²) >= 11 is 0. The van der Waals surface area contributed by atoms with E-state index in [0.717, 1.165) is 46.6 Å². The summed E-state index contributed by atoms with van der Waals surface area (Å²) in [6.45, 7) is 4.57. The van der Waals surface area contributed by atoms with E-state index in [1.165, 1.54) is 0 Å². The average Bonchev–Trinajstić information content (AvgIpc) is 3.26. The largest absolute Gasteiger partial charge is 0.493 e. The van der Waals surface area contributed by atoms with Crippen molar-refractivity contribution in [1.29, 1.82) is 0 Å². The van der Waals surface area contributed by atoms with E-state index in [-0.39, 0.29) is 5.91 Å². The van der Waals surface area contributed by atoms with Crippen LogP contribution in [0.15, 0.2) is 36.4 Å². The molecule has 1 amide bonds. The van der Waals surface area contributed by atoms with Crippen molar-refractivity contribution in [3.8, 4) is 11.5 Å². The number of benzene rings is 2. The first kappa shape index (κ1) is 15.1. The van der Waals surface area contributed by atoms with Gasteiger partial charge in [-0.1, -0.05) is 30.3 Å². The Morgan fingerprint density at radius 3 is 2.71 bits per heavy atom. The maximum atomic E-state index is 13.3. The van der Waals surface area contributed by atoms with Crippen molar-refractivity contribution in [3.05, 3.63) is 58.7 Å². The molecule has 124 valence electrons. The molecule has 24 heavy (non-hydrogen) atoms. The van der Waals surface area contributed by atoms with Crippen LogP contribution >= 0.6 is 0 Å². The quantitative estimate of drug-likeness (QED) is 0.867. The van der Waals surface area contributed by atoms with Gasteiger partial charge in [0, 0.05) is 37.1 Å². The first-order valence-electron chi connectivity index (χ1n) is 8.55. The third-order valence-electron chi connectivity index (χ3n) is 4.75. The lowest BCUT2D eigenvalue weighted by Gasteiger charge is -2.23. The molecule has 0 radical (unpaired) electrons. The van der Waals surface area contributed by atoms with Crippen molar-refractivity contribution < 1.29 is 14.3 Å². The van der Waals surface area contributed by atoms with Gasteiger partial charge in [-0.05, 0) is 18.6 Å². The minimum Gasteiger partial charge on any atom is -0.493 e. The highest BCUT2D eigenvalue weighted by molar-refractivity contribution is 6.00. The Bertz CT molecular complexity index is 738. The smallest absolute Gasteiger partial charge is 0.258 e. The lowest BCUT2D eigenvalue weighted by molar-refractivity contribution is 0.0748. The van der Waals surface area contributed by atoms with E-state index in [2.05, 4.69) is 18.2 Å². The summed E-state index contributed by atoms with van der Waals surface area (Å²) in [5.41, 5.74) is 3.95. The lowest BCUT2D eigenvalue weighted by atomic mass is 9.98. The van der Waals surface area contributed by atoms with E-state index in [1.807, 2.05) is 30.0 Å². The van der Waals surface area contributed by atoms with Gasteiger partial charge in [-0.25, -0.2) is 0 Å². The first-order chi connectivity index (χ1) is 11.8. The van der Waals surface area contributed by atoms with Crippen LogP contribution in [0.1, 0.15) is 34.0 Å². The topological polar surface area (TPSA) is 38.8 Å². The Balaban J connectivity index is 1.71. The predicted molar refractivity (Wildman–Crippen MR) is 91.7 cm³/mol. The number of rotatable bonds is 4. The second-order valence-electron chi connectivity index (χ2n) is 6.22. The van der Waals surface area contributed by atoms with Gasteiger partial charge < -0.3 is 14.4 Å². The van der Waals surface area contributed by atoms with Gasteiger partial charge in [0.2, 0.25) is 0 Å². The molecular formula is C20H21NO3. The van der Waals surface area contributed by atoms with E-state index >= 15 is 0 Å². The summed E-state index contributed by atoms with van der Waals surface area (Å²) in [4.78, 5) is 15.2. The van der Waals surface area contributed by atoms with Crippen molar-refractivity contribution in [3.63, 3.8) is 0 Å². The van der Waals surface area contributed by atoms with Gasteiger partial charge in [0.05, 0.1) is 18.8 Å². The number of fused-ring (bicyclic) bond motifs is 2. The minimum atomic E-state index is 0.0434. The zero-order valence-electron chi connectivity index (χ0n) is 13.9. The lowest BCUT2D eigenvalue weighted by Crippen LogP contribution is -2.31. The third kappa shape index (κ3) is 2.52. The van der Waals surface area contributed by atoms with Gasteiger partial charge in [0.25, 0.3) is 5.91 Å². The molecule has 2 aromatic carbocycles. The van der Waals surface area contributed by atoms with Crippen LogP contribution in [0.3, 0.4) is 0 Å². The SMILES string of the molecule is CCN(Cc1ccccc1)C(=O)c1c2c(cc3c1OCC3)OCC2. The molecule has 2 aliphatic rings. The molecule has 0 unspecified atom stereocenters. The van der Waals surface area contributed by atoms with E-state index < -0.39 is 0 Å². The molecule has 4 nitrogen and oxygen atoms in total. The van der Waals surface area contributed by atoms with Crippen LogP contribution < -0.4 is 9.47 Å². The summed E-state index contributed by atoms with van der Waals surface area (Å²) in [6.07, 6.45) is 1.62. The van der Waals surface area contributed by atoms with Crippen molar-refractivity contribution in [2.45, 2.75) is 26.3 Å². The van der Waals surface area contributed by atoms with Crippen LogP contribution in [-0.4, -0.2) is 30.6 Å². The standard InChI is InChI=1S/C20H21NO3/c1-2-21(13-14-6-4-3-5-7-14)20(22)18-16-9-11-23-17(16)12-15-8-10-24-19(15)18/h3-7,12H,2,8-11,13H2,1H3. The summed E-state index contributed by atoms with van der Waals surface area (Å²) in [6, 6.07) is 12.1. The fourth-order valence-corrected chi connectivity index (χ4v) is 3.50. The number of carbonyl (C=O) groups is 1. The highest BCUT2D eigenvalue weighted by Gasteiger charge is 2.32. The molecule has 0 spiro atoms. The predicted octanol–water partition coefficient (Wildman–Crippen LogP) is 3.22. The van der Waals surface area contributed by atoms with E-state index in [4.69, 9.17) is 9.47 Å². The molecule has 2 aromatic rings. The summed E-state index contributed by atoms with van der Waals surface area (Å²) in [5, 5.41) is 0. The zero-order chi connectivity index (χ0) is 16.5. The highest BCUT2D eigenvalue weighted by atomic mass is 16.5. The van der Waals surface area contributed by atoms with Gasteiger partial charge in [0.1, 0.15) is 11.5 Å². The Labute approximate surface area is 142 Å². The molecule has 0 aliphatic carbocycles. The van der Waals surface area contributed by atoms with Crippen LogP contribution in [0.5, 0.6) is 11.5 Å². The molecule has 2 heterocycles. The van der Waals surface area contributed by atoms with Gasteiger partial charge in [-0.2, -0.15) is 0 Å². The van der Waals surface area contributed by atoms with Crippen LogP contribution in [0.25, 0.3) is 0 Å². The number of nitrogens with zero attached hydrogens (tertiary/aromatic N) is 1. The van der Waals surface area contributed by atoms with Crippen LogP contribution in [0.2, 0.25) is 0 Å². The molecule has 0 saturated carbocycles. The minimum absolute atomic E-state index is 0.0434. The summed E-state index contributed by atoms with van der Waals surface area (Å²) in [7, 11) is 0. The Kier molecular flexibility index (Phi) is 3.89. The molecule has 0 saturated heterocycles. The number of hydrogen-bond acceptors (Lipinski definition) is 3. The third-order valence-corrected chi connectivity index (χ3v) is 4.75. The van der Waals surface area contributed by atoms with Crippen molar-refractivity contribution in [2.24, 2.45) is 0 Å². The monoisotopic (exact) mass is 323 g/mol. The Morgan fingerprint density at radius 2 is 1.92 bits per heavy atom. The second kappa shape index (κ2) is 6.19. The molecule has 0 atom stereocenters. The summed E-state index contributed by atoms with van der Waals surface area (Å²) < 4.78 is 11.5. The summed E-state index contributed by atoms with van der Waals surface area (Å²) in [5.74, 6) is 1.68. The van der Waals surface area contributed by atoms with Gasteiger partial charge in [0.15, 0.2) is 0 Å². The first-order valence-corrected chi connectivity index (χ1v) is 8.55. The molecule has 2 aliphatic heterocycles. The molecular weight excluding hydrogens is 302 g/mol. The van der Waals surface area contributed by atoms with E-state index in [1.54, 1.807) is 0 Å². The van der Waals surface area contributed by atoms with Crippen molar-refractivity contribution in [2.75, 3.05) is 19.8 Å². The number of hydrogen-bond donors (Lipinski definition) is 0. The van der Waals surface area contributed by atoms with Crippen molar-refractivity contribution >= 4 is 5.91 Å². The Hall–Kier alpha value is -2.49. The van der Waals surface area contributed by atoms with Crippen LogP contribution in [0.4, 0.5) is 0 Å². The van der Waals surface area contributed by atoms with Crippen LogP contribution in [0, 0.1) is 0 Å². The van der Waals surface area contributed by atoms with Gasteiger partial charge in [-0.3, -0.25) is 4.79 Å². The normalized spacial score (nSPS) is 14.5. The number of ether oxygens (including phenoxy) is 2. The highest BCUT2D eigenvalue weighted by Crippen LogP contribution is 2.41. The fourth-order valence-electron chi connectivity index (χ4n) is 3.50.